The van der Waals surface area contributed by atoms with Gasteiger partial charge in [0.05, 0.1) is 12.7 Å². The maximum atomic E-state index is 11.1. The van der Waals surface area contributed by atoms with Gasteiger partial charge in [0.15, 0.2) is 24.4 Å². The maximum absolute atomic E-state index is 11.1. The van der Waals surface area contributed by atoms with Gasteiger partial charge in [-0.1, -0.05) is 16.8 Å². The highest BCUT2D eigenvalue weighted by atomic mass is 35.5. The van der Waals surface area contributed by atoms with Crippen molar-refractivity contribution in [2.24, 2.45) is 0 Å². The Morgan fingerprint density at radius 1 is 1.48 bits per heavy atom. The molecule has 0 unspecified atom stereocenters. The summed E-state index contributed by atoms with van der Waals surface area (Å²) in [5.74, 6) is 2.17. The minimum absolute atomic E-state index is 0.0923. The third kappa shape index (κ3) is 3.00. The fourth-order valence-corrected chi connectivity index (χ4v) is 2.16. The van der Waals surface area contributed by atoms with Crippen molar-refractivity contribution in [2.75, 3.05) is 7.11 Å². The lowest BCUT2D eigenvalue weighted by Gasteiger charge is -2.11. The summed E-state index contributed by atoms with van der Waals surface area (Å²) in [7, 11) is 1.48. The predicted octanol–water partition coefficient (Wildman–Crippen LogP) is 3.00. The van der Waals surface area contributed by atoms with Crippen molar-refractivity contribution < 1.29 is 18.8 Å². The number of methoxy groups -OCH3 is 1. The van der Waals surface area contributed by atoms with Crippen molar-refractivity contribution in [1.82, 2.24) is 10.1 Å². The van der Waals surface area contributed by atoms with E-state index in [4.69, 9.17) is 25.6 Å². The number of aromatic nitrogens is 2. The number of aldehydes is 1. The lowest BCUT2D eigenvalue weighted by Crippen LogP contribution is -2.02. The van der Waals surface area contributed by atoms with E-state index in [1.807, 2.05) is 0 Å². The number of rotatable bonds is 6. The molecule has 1 heterocycles. The van der Waals surface area contributed by atoms with Gasteiger partial charge in [-0.15, -0.1) is 0 Å². The fraction of sp³-hybridized carbons (Fsp3) is 0.357. The third-order valence-corrected chi connectivity index (χ3v) is 3.37. The van der Waals surface area contributed by atoms with Gasteiger partial charge in [0.1, 0.15) is 0 Å². The van der Waals surface area contributed by atoms with Crippen LogP contribution in [-0.2, 0) is 6.61 Å². The second-order valence-corrected chi connectivity index (χ2v) is 5.19. The summed E-state index contributed by atoms with van der Waals surface area (Å²) in [6.07, 6.45) is 2.83. The van der Waals surface area contributed by atoms with Gasteiger partial charge in [0, 0.05) is 17.0 Å². The van der Waals surface area contributed by atoms with Gasteiger partial charge in [0.2, 0.25) is 11.7 Å². The Labute approximate surface area is 126 Å². The van der Waals surface area contributed by atoms with Crippen LogP contribution in [0.5, 0.6) is 11.5 Å². The molecule has 1 aliphatic carbocycles. The Bertz CT molecular complexity index is 667. The van der Waals surface area contributed by atoms with Crippen molar-refractivity contribution >= 4 is 17.9 Å². The maximum Gasteiger partial charge on any atom is 0.229 e. The normalized spacial score (nSPS) is 14.0. The van der Waals surface area contributed by atoms with Crippen molar-refractivity contribution in [3.63, 3.8) is 0 Å². The van der Waals surface area contributed by atoms with E-state index >= 15 is 0 Å². The minimum atomic E-state index is 0.0923. The number of halogens is 1. The van der Waals surface area contributed by atoms with Gasteiger partial charge in [-0.25, -0.2) is 0 Å². The van der Waals surface area contributed by atoms with Crippen LogP contribution in [0.1, 0.15) is 40.8 Å². The molecular weight excluding hydrogens is 296 g/mol. The molecule has 0 saturated heterocycles. The van der Waals surface area contributed by atoms with Crippen LogP contribution in [0.3, 0.4) is 0 Å². The first kappa shape index (κ1) is 13.9. The molecule has 110 valence electrons. The molecule has 1 aromatic carbocycles. The van der Waals surface area contributed by atoms with Gasteiger partial charge in [-0.3, -0.25) is 4.79 Å². The SMILES string of the molecule is COc1cc(Cl)cc(C=O)c1OCc1noc(C2CC2)n1. The highest BCUT2D eigenvalue weighted by molar-refractivity contribution is 6.31. The Morgan fingerprint density at radius 2 is 2.29 bits per heavy atom. The summed E-state index contributed by atoms with van der Waals surface area (Å²) in [4.78, 5) is 15.4. The van der Waals surface area contributed by atoms with Gasteiger partial charge in [-0.2, -0.15) is 4.98 Å². The zero-order valence-electron chi connectivity index (χ0n) is 11.3. The first-order chi connectivity index (χ1) is 10.2. The number of hydrogen-bond acceptors (Lipinski definition) is 6. The molecule has 2 aromatic rings. The van der Waals surface area contributed by atoms with E-state index in [2.05, 4.69) is 10.1 Å². The Hall–Kier alpha value is -2.08. The molecule has 1 saturated carbocycles. The molecule has 3 rings (SSSR count). The van der Waals surface area contributed by atoms with Crippen LogP contribution in [0, 0.1) is 0 Å². The molecule has 0 atom stereocenters. The molecule has 0 bridgehead atoms. The van der Waals surface area contributed by atoms with Crippen LogP contribution in [0.2, 0.25) is 5.02 Å². The number of ether oxygens (including phenoxy) is 2. The molecule has 1 aliphatic rings. The predicted molar refractivity (Wildman–Crippen MR) is 74.0 cm³/mol. The minimum Gasteiger partial charge on any atom is -0.493 e. The first-order valence-electron chi connectivity index (χ1n) is 6.49. The highest BCUT2D eigenvalue weighted by Crippen LogP contribution is 2.39. The van der Waals surface area contributed by atoms with Crippen molar-refractivity contribution in [3.05, 3.63) is 34.4 Å². The van der Waals surface area contributed by atoms with E-state index in [-0.39, 0.29) is 6.61 Å². The van der Waals surface area contributed by atoms with E-state index in [1.165, 1.54) is 13.2 Å². The topological polar surface area (TPSA) is 74.5 Å². The van der Waals surface area contributed by atoms with Gasteiger partial charge < -0.3 is 14.0 Å². The number of nitrogens with zero attached hydrogens (tertiary/aromatic N) is 2. The van der Waals surface area contributed by atoms with E-state index in [1.54, 1.807) is 6.07 Å². The van der Waals surface area contributed by atoms with Crippen LogP contribution in [0.15, 0.2) is 16.7 Å². The monoisotopic (exact) mass is 308 g/mol. The quantitative estimate of drug-likeness (QED) is 0.764. The zero-order chi connectivity index (χ0) is 14.8. The molecule has 7 heteroatoms. The highest BCUT2D eigenvalue weighted by Gasteiger charge is 2.29. The van der Waals surface area contributed by atoms with E-state index in [0.29, 0.717) is 46.0 Å². The molecule has 21 heavy (non-hydrogen) atoms. The van der Waals surface area contributed by atoms with Gasteiger partial charge >= 0.3 is 0 Å². The number of carbonyl (C=O) groups excluding carboxylic acids is 1. The smallest absolute Gasteiger partial charge is 0.229 e. The summed E-state index contributed by atoms with van der Waals surface area (Å²) in [6.45, 7) is 0.0923. The van der Waals surface area contributed by atoms with Crippen LogP contribution in [-0.4, -0.2) is 23.5 Å². The Kier molecular flexibility index (Phi) is 3.79. The molecule has 0 spiro atoms. The molecule has 1 fully saturated rings. The number of hydrogen-bond donors (Lipinski definition) is 0. The summed E-state index contributed by atoms with van der Waals surface area (Å²) >= 11 is 5.91. The standard InChI is InChI=1S/C14H13ClN2O4/c1-19-11-5-10(15)4-9(6-18)13(11)20-7-12-16-14(21-17-12)8-2-3-8/h4-6,8H,2-3,7H2,1H3. The summed E-state index contributed by atoms with van der Waals surface area (Å²) in [6, 6.07) is 3.09. The second kappa shape index (κ2) is 5.73. The largest absolute Gasteiger partial charge is 0.493 e. The van der Waals surface area contributed by atoms with Crippen molar-refractivity contribution in [3.8, 4) is 11.5 Å². The second-order valence-electron chi connectivity index (χ2n) is 4.76. The van der Waals surface area contributed by atoms with Crippen LogP contribution < -0.4 is 9.47 Å². The molecule has 1 aromatic heterocycles. The number of carbonyl (C=O) groups is 1. The number of benzene rings is 1. The van der Waals surface area contributed by atoms with Gasteiger partial charge in [-0.05, 0) is 18.9 Å². The Morgan fingerprint density at radius 3 is 2.95 bits per heavy atom. The summed E-state index contributed by atoms with van der Waals surface area (Å²) in [5.41, 5.74) is 0.310. The molecular formula is C14H13ClN2O4. The van der Waals surface area contributed by atoms with Crippen LogP contribution in [0.4, 0.5) is 0 Å². The van der Waals surface area contributed by atoms with Gasteiger partial charge in [0.25, 0.3) is 0 Å². The van der Waals surface area contributed by atoms with Crippen LogP contribution >= 0.6 is 11.6 Å². The van der Waals surface area contributed by atoms with E-state index in [9.17, 15) is 4.79 Å². The first-order valence-corrected chi connectivity index (χ1v) is 6.87. The third-order valence-electron chi connectivity index (χ3n) is 3.15. The fourth-order valence-electron chi connectivity index (χ4n) is 1.94. The molecule has 0 radical (unpaired) electrons. The zero-order valence-corrected chi connectivity index (χ0v) is 12.1. The summed E-state index contributed by atoms with van der Waals surface area (Å²) < 4.78 is 15.9. The van der Waals surface area contributed by atoms with Crippen molar-refractivity contribution in [1.29, 1.82) is 0 Å². The average molecular weight is 309 g/mol. The van der Waals surface area contributed by atoms with E-state index in [0.717, 1.165) is 12.8 Å². The Balaban J connectivity index is 1.78. The molecule has 0 N–H and O–H groups in total. The average Bonchev–Trinajstić information content (AvgIpc) is 3.24. The van der Waals surface area contributed by atoms with Crippen molar-refractivity contribution in [2.45, 2.75) is 25.4 Å². The lowest BCUT2D eigenvalue weighted by atomic mass is 10.2. The van der Waals surface area contributed by atoms with E-state index < -0.39 is 0 Å². The van der Waals surface area contributed by atoms with Crippen LogP contribution in [0.25, 0.3) is 0 Å². The molecule has 6 nitrogen and oxygen atoms in total. The molecule has 0 amide bonds. The lowest BCUT2D eigenvalue weighted by molar-refractivity contribution is 0.111. The summed E-state index contributed by atoms with van der Waals surface area (Å²) in [5, 5.41) is 4.25. The molecule has 0 aliphatic heterocycles.